The molecule has 8 heteroatoms. The molecule has 7 nitrogen and oxygen atoms in total. The third-order valence-corrected chi connectivity index (χ3v) is 3.65. The number of allylic oxidation sites excluding steroid dienone is 1. The molecule has 2 rings (SSSR count). The van der Waals surface area contributed by atoms with Gasteiger partial charge in [0.25, 0.3) is 11.8 Å². The van der Waals surface area contributed by atoms with Gasteiger partial charge >= 0.3 is 0 Å². The van der Waals surface area contributed by atoms with Crippen LogP contribution in [0.1, 0.15) is 30.0 Å². The van der Waals surface area contributed by atoms with Gasteiger partial charge in [0, 0.05) is 11.1 Å². The predicted molar refractivity (Wildman–Crippen MR) is 97.4 cm³/mol. The summed E-state index contributed by atoms with van der Waals surface area (Å²) in [6, 6.07) is 9.20. The van der Waals surface area contributed by atoms with Crippen molar-refractivity contribution in [2.75, 3.05) is 0 Å². The molecule has 1 heterocycles. The lowest BCUT2D eigenvalue weighted by Gasteiger charge is -2.11. The van der Waals surface area contributed by atoms with Crippen LogP contribution in [0.25, 0.3) is 11.3 Å². The lowest BCUT2D eigenvalue weighted by atomic mass is 10.1. The van der Waals surface area contributed by atoms with E-state index in [1.54, 1.807) is 26.8 Å². The third-order valence-electron chi connectivity index (χ3n) is 3.44. The number of benzene rings is 1. The van der Waals surface area contributed by atoms with Crippen LogP contribution in [0.2, 0.25) is 0 Å². The summed E-state index contributed by atoms with van der Waals surface area (Å²) in [6.07, 6.45) is 1.66. The highest BCUT2D eigenvalue weighted by Gasteiger charge is 2.21. The molecule has 0 aliphatic heterocycles. The average Bonchev–Trinajstić information content (AvgIpc) is 3.01. The Morgan fingerprint density at radius 3 is 2.52 bits per heavy atom. The first-order chi connectivity index (χ1) is 11.9. The van der Waals surface area contributed by atoms with Crippen LogP contribution in [0.15, 0.2) is 46.5 Å². The molecular formula is C17H18N4O3S. The third kappa shape index (κ3) is 4.51. The van der Waals surface area contributed by atoms with Crippen molar-refractivity contribution >= 4 is 29.1 Å². The lowest BCUT2D eigenvalue weighted by Crippen LogP contribution is -2.48. The second-order valence-corrected chi connectivity index (χ2v) is 5.57. The Kier molecular flexibility index (Phi) is 6.02. The number of thiocarbonyl (C=S) groups is 1. The van der Waals surface area contributed by atoms with E-state index < -0.39 is 5.91 Å². The largest absolute Gasteiger partial charge is 0.360 e. The van der Waals surface area contributed by atoms with Crippen molar-refractivity contribution in [2.45, 2.75) is 20.8 Å². The molecule has 1 aromatic carbocycles. The Bertz CT molecular complexity index is 828. The molecule has 0 saturated carbocycles. The normalized spacial score (nSPS) is 10.9. The molecule has 0 aliphatic rings. The molecule has 0 saturated heterocycles. The predicted octanol–water partition coefficient (Wildman–Crippen LogP) is 2.25. The molecule has 0 bridgehead atoms. The van der Waals surface area contributed by atoms with Crippen molar-refractivity contribution in [1.82, 2.24) is 21.3 Å². The maximum Gasteiger partial charge on any atom is 0.275 e. The number of carbonyl (C=O) groups excluding carboxylic acids is 2. The molecule has 25 heavy (non-hydrogen) atoms. The summed E-state index contributed by atoms with van der Waals surface area (Å²) >= 11 is 4.98. The van der Waals surface area contributed by atoms with Crippen LogP contribution in [0, 0.1) is 6.92 Å². The number of hydrogen-bond donors (Lipinski definition) is 3. The van der Waals surface area contributed by atoms with Gasteiger partial charge in [-0.05, 0) is 33.0 Å². The van der Waals surface area contributed by atoms with Gasteiger partial charge in [-0.1, -0.05) is 41.6 Å². The Morgan fingerprint density at radius 2 is 1.88 bits per heavy atom. The minimum atomic E-state index is -0.475. The number of hydrazine groups is 1. The summed E-state index contributed by atoms with van der Waals surface area (Å²) in [5.41, 5.74) is 6.91. The van der Waals surface area contributed by atoms with Gasteiger partial charge in [-0.15, -0.1) is 0 Å². The average molecular weight is 358 g/mol. The van der Waals surface area contributed by atoms with E-state index in [0.717, 1.165) is 5.56 Å². The fraction of sp³-hybridized carbons (Fsp3) is 0.176. The molecule has 2 aromatic rings. The molecule has 0 spiro atoms. The zero-order valence-electron chi connectivity index (χ0n) is 14.0. The number of rotatable bonds is 3. The summed E-state index contributed by atoms with van der Waals surface area (Å²) in [6.45, 7) is 5.04. The molecule has 0 aliphatic carbocycles. The van der Waals surface area contributed by atoms with Crippen LogP contribution in [-0.4, -0.2) is 22.1 Å². The Balaban J connectivity index is 2.06. The van der Waals surface area contributed by atoms with E-state index in [-0.39, 0.29) is 16.6 Å². The Morgan fingerprint density at radius 1 is 1.20 bits per heavy atom. The minimum Gasteiger partial charge on any atom is -0.360 e. The molecule has 0 atom stereocenters. The fourth-order valence-electron chi connectivity index (χ4n) is 1.97. The number of aromatic nitrogens is 1. The van der Waals surface area contributed by atoms with Crippen molar-refractivity contribution in [3.63, 3.8) is 0 Å². The number of carbonyl (C=O) groups is 2. The first-order valence-corrected chi connectivity index (χ1v) is 7.91. The first kappa shape index (κ1) is 18.3. The van der Waals surface area contributed by atoms with Crippen molar-refractivity contribution < 1.29 is 14.1 Å². The van der Waals surface area contributed by atoms with Gasteiger partial charge in [0.2, 0.25) is 0 Å². The maximum atomic E-state index is 12.4. The van der Waals surface area contributed by atoms with Gasteiger partial charge in [0.15, 0.2) is 5.11 Å². The van der Waals surface area contributed by atoms with E-state index >= 15 is 0 Å². The van der Waals surface area contributed by atoms with E-state index in [4.69, 9.17) is 16.7 Å². The highest BCUT2D eigenvalue weighted by molar-refractivity contribution is 7.80. The summed E-state index contributed by atoms with van der Waals surface area (Å²) in [5, 5.41) is 6.38. The van der Waals surface area contributed by atoms with E-state index in [9.17, 15) is 9.59 Å². The quantitative estimate of drug-likeness (QED) is 0.442. The zero-order valence-corrected chi connectivity index (χ0v) is 14.9. The maximum absolute atomic E-state index is 12.4. The Labute approximate surface area is 150 Å². The highest BCUT2D eigenvalue weighted by Crippen LogP contribution is 2.24. The van der Waals surface area contributed by atoms with E-state index in [1.165, 1.54) is 0 Å². The number of amides is 2. The monoisotopic (exact) mass is 358 g/mol. The van der Waals surface area contributed by atoms with Crippen LogP contribution < -0.4 is 16.2 Å². The molecule has 2 amide bonds. The lowest BCUT2D eigenvalue weighted by molar-refractivity contribution is -0.116. The van der Waals surface area contributed by atoms with Gasteiger partial charge in [0.05, 0.1) is 0 Å². The van der Waals surface area contributed by atoms with Crippen LogP contribution in [0.3, 0.4) is 0 Å². The van der Waals surface area contributed by atoms with Crippen LogP contribution >= 0.6 is 12.2 Å². The van der Waals surface area contributed by atoms with Crippen LogP contribution in [0.5, 0.6) is 0 Å². The molecule has 0 fully saturated rings. The number of aryl methyl sites for hydroxylation is 1. The number of hydrogen-bond acceptors (Lipinski definition) is 5. The molecule has 0 unspecified atom stereocenters. The summed E-state index contributed by atoms with van der Waals surface area (Å²) < 4.78 is 5.14. The molecular weight excluding hydrogens is 340 g/mol. The second kappa shape index (κ2) is 8.20. The topological polar surface area (TPSA) is 96.3 Å². The van der Waals surface area contributed by atoms with E-state index in [1.807, 2.05) is 30.3 Å². The number of nitrogens with one attached hydrogen (secondary N) is 3. The van der Waals surface area contributed by atoms with Gasteiger partial charge in [-0.3, -0.25) is 25.8 Å². The van der Waals surface area contributed by atoms with E-state index in [0.29, 0.717) is 17.0 Å². The van der Waals surface area contributed by atoms with Gasteiger partial charge in [-0.2, -0.15) is 0 Å². The minimum absolute atomic E-state index is 0.0186. The molecule has 1 aromatic heterocycles. The van der Waals surface area contributed by atoms with Gasteiger partial charge in [-0.25, -0.2) is 0 Å². The first-order valence-electron chi connectivity index (χ1n) is 7.50. The Hall–Kier alpha value is -3.00. The molecule has 3 N–H and O–H groups in total. The second-order valence-electron chi connectivity index (χ2n) is 5.16. The summed E-state index contributed by atoms with van der Waals surface area (Å²) in [7, 11) is 0. The molecule has 0 radical (unpaired) electrons. The SMILES string of the molecule is CC=C(C)C(=O)NC(=S)NNC(=O)c1c(-c2ccccc2)noc1C. The highest BCUT2D eigenvalue weighted by atomic mass is 32.1. The standard InChI is InChI=1S/C17H18N4O3S/c1-4-10(2)15(22)18-17(25)20-19-16(23)13-11(3)24-21-14(13)12-8-6-5-7-9-12/h4-9H,1-3H3,(H,19,23)(H2,18,20,22,25). The fourth-order valence-corrected chi connectivity index (χ4v) is 2.12. The van der Waals surface area contributed by atoms with Crippen LogP contribution in [0.4, 0.5) is 0 Å². The van der Waals surface area contributed by atoms with Crippen molar-refractivity contribution in [3.8, 4) is 11.3 Å². The summed E-state index contributed by atoms with van der Waals surface area (Å²) in [5.74, 6) is -0.449. The van der Waals surface area contributed by atoms with Gasteiger partial charge in [0.1, 0.15) is 17.0 Å². The van der Waals surface area contributed by atoms with Crippen molar-refractivity contribution in [2.24, 2.45) is 0 Å². The smallest absolute Gasteiger partial charge is 0.275 e. The van der Waals surface area contributed by atoms with Gasteiger partial charge < -0.3 is 4.52 Å². The van der Waals surface area contributed by atoms with Crippen molar-refractivity contribution in [3.05, 3.63) is 53.3 Å². The summed E-state index contributed by atoms with van der Waals surface area (Å²) in [4.78, 5) is 24.2. The molecule has 130 valence electrons. The van der Waals surface area contributed by atoms with Crippen LogP contribution in [-0.2, 0) is 4.79 Å². The van der Waals surface area contributed by atoms with E-state index in [2.05, 4.69) is 21.3 Å². The van der Waals surface area contributed by atoms with Crippen molar-refractivity contribution in [1.29, 1.82) is 0 Å². The zero-order chi connectivity index (χ0) is 18.4. The number of nitrogens with zero attached hydrogens (tertiary/aromatic N) is 1.